The standard InChI is InChI=1S/C32H64NO8P/c1-6-8-10-12-14-15-16-17-19-20-22-24-31(34)38-28-30(29-40-42(36,37)39-27-26-33(3,4)5)41-32(35)25-23-21-18-13-11-9-7-2/h30H,6-29H2,1-5H3/p+1/t30-/m1/s1. The molecule has 0 rings (SSSR count). The maximum atomic E-state index is 12.4. The number of phosphoric ester groups is 1. The van der Waals surface area contributed by atoms with Gasteiger partial charge in [-0.05, 0) is 12.8 Å². The molecule has 250 valence electrons. The molecule has 42 heavy (non-hydrogen) atoms. The lowest BCUT2D eigenvalue weighted by molar-refractivity contribution is -0.870. The summed E-state index contributed by atoms with van der Waals surface area (Å²) in [5, 5.41) is 0. The Morgan fingerprint density at radius 1 is 0.643 bits per heavy atom. The normalized spacial score (nSPS) is 14.0. The first-order valence-electron chi connectivity index (χ1n) is 16.8. The highest BCUT2D eigenvalue weighted by Gasteiger charge is 2.27. The van der Waals surface area contributed by atoms with Crippen molar-refractivity contribution in [3.05, 3.63) is 0 Å². The van der Waals surface area contributed by atoms with Crippen molar-refractivity contribution in [2.24, 2.45) is 0 Å². The number of likely N-dealkylation sites (N-methyl/N-ethyl adjacent to an activating group) is 1. The van der Waals surface area contributed by atoms with E-state index in [1.54, 1.807) is 0 Å². The van der Waals surface area contributed by atoms with E-state index in [4.69, 9.17) is 18.5 Å². The molecule has 0 amide bonds. The summed E-state index contributed by atoms with van der Waals surface area (Å²) in [4.78, 5) is 34.8. The zero-order chi connectivity index (χ0) is 31.5. The molecule has 0 radical (unpaired) electrons. The van der Waals surface area contributed by atoms with Gasteiger partial charge < -0.3 is 18.9 Å². The molecule has 0 aliphatic rings. The summed E-state index contributed by atoms with van der Waals surface area (Å²) in [6.45, 7) is 4.34. The average molecular weight is 623 g/mol. The second-order valence-corrected chi connectivity index (χ2v) is 14.0. The predicted octanol–water partition coefficient (Wildman–Crippen LogP) is 8.12. The van der Waals surface area contributed by atoms with Crippen molar-refractivity contribution in [2.75, 3.05) is 47.5 Å². The molecular weight excluding hydrogens is 557 g/mol. The lowest BCUT2D eigenvalue weighted by Gasteiger charge is -2.24. The summed E-state index contributed by atoms with van der Waals surface area (Å²) in [5.74, 6) is -0.803. The maximum absolute atomic E-state index is 12.4. The molecular formula is C32H65NO8P+. The van der Waals surface area contributed by atoms with Crippen LogP contribution in [-0.2, 0) is 32.7 Å². The number of nitrogens with zero attached hydrogens (tertiary/aromatic N) is 1. The molecule has 1 N–H and O–H groups in total. The largest absolute Gasteiger partial charge is 0.472 e. The van der Waals surface area contributed by atoms with Crippen molar-refractivity contribution >= 4 is 19.8 Å². The van der Waals surface area contributed by atoms with Gasteiger partial charge in [0, 0.05) is 12.8 Å². The fourth-order valence-electron chi connectivity index (χ4n) is 4.42. The van der Waals surface area contributed by atoms with Crippen molar-refractivity contribution in [3.8, 4) is 0 Å². The first kappa shape index (κ1) is 41.0. The fourth-order valence-corrected chi connectivity index (χ4v) is 5.17. The number of ether oxygens (including phenoxy) is 2. The van der Waals surface area contributed by atoms with E-state index in [9.17, 15) is 19.0 Å². The molecule has 2 atom stereocenters. The van der Waals surface area contributed by atoms with Crippen LogP contribution in [0.15, 0.2) is 0 Å². The van der Waals surface area contributed by atoms with E-state index in [1.165, 1.54) is 70.6 Å². The lowest BCUT2D eigenvalue weighted by Crippen LogP contribution is -2.37. The number of phosphoric acid groups is 1. The van der Waals surface area contributed by atoms with Gasteiger partial charge in [0.1, 0.15) is 19.8 Å². The molecule has 0 heterocycles. The molecule has 0 aromatic rings. The van der Waals surface area contributed by atoms with Crippen molar-refractivity contribution in [3.63, 3.8) is 0 Å². The van der Waals surface area contributed by atoms with Crippen molar-refractivity contribution in [1.82, 2.24) is 0 Å². The third-order valence-electron chi connectivity index (χ3n) is 7.14. The SMILES string of the molecule is CCCCCCCCCCCCCC(=O)OC[C@H](COP(=O)(O)OCC[N+](C)(C)C)OC(=O)CCCCCCCCC. The number of carbonyl (C=O) groups excluding carboxylic acids is 2. The Hall–Kier alpha value is -0.990. The zero-order valence-corrected chi connectivity index (χ0v) is 28.6. The van der Waals surface area contributed by atoms with Crippen molar-refractivity contribution in [1.29, 1.82) is 0 Å². The molecule has 0 saturated carbocycles. The van der Waals surface area contributed by atoms with Gasteiger partial charge in [-0.3, -0.25) is 18.6 Å². The third kappa shape index (κ3) is 29.1. The number of hydrogen-bond acceptors (Lipinski definition) is 7. The highest BCUT2D eigenvalue weighted by Crippen LogP contribution is 2.43. The smallest absolute Gasteiger partial charge is 0.462 e. The summed E-state index contributed by atoms with van der Waals surface area (Å²) in [7, 11) is 1.48. The van der Waals surface area contributed by atoms with E-state index in [0.717, 1.165) is 38.5 Å². The summed E-state index contributed by atoms with van der Waals surface area (Å²) in [6.07, 6.45) is 20.2. The van der Waals surface area contributed by atoms with Crippen LogP contribution in [0.4, 0.5) is 0 Å². The Balaban J connectivity index is 4.46. The van der Waals surface area contributed by atoms with Gasteiger partial charge in [0.15, 0.2) is 6.10 Å². The van der Waals surface area contributed by atoms with Gasteiger partial charge in [0.2, 0.25) is 0 Å². The van der Waals surface area contributed by atoms with Gasteiger partial charge in [0.25, 0.3) is 0 Å². The van der Waals surface area contributed by atoms with Crippen LogP contribution in [0.1, 0.15) is 142 Å². The Morgan fingerprint density at radius 3 is 1.52 bits per heavy atom. The number of carbonyl (C=O) groups is 2. The minimum Gasteiger partial charge on any atom is -0.462 e. The number of hydrogen-bond donors (Lipinski definition) is 1. The minimum atomic E-state index is -4.35. The van der Waals surface area contributed by atoms with E-state index in [0.29, 0.717) is 23.9 Å². The molecule has 0 spiro atoms. The number of rotatable bonds is 30. The van der Waals surface area contributed by atoms with Gasteiger partial charge in [0.05, 0.1) is 27.7 Å². The van der Waals surface area contributed by atoms with Crippen LogP contribution >= 0.6 is 7.82 Å². The summed E-state index contributed by atoms with van der Waals surface area (Å²) < 4.78 is 33.9. The Bertz CT molecular complexity index is 713. The van der Waals surface area contributed by atoms with Crippen LogP contribution < -0.4 is 0 Å². The van der Waals surface area contributed by atoms with Crippen LogP contribution in [0.25, 0.3) is 0 Å². The van der Waals surface area contributed by atoms with E-state index in [-0.39, 0.29) is 25.6 Å². The van der Waals surface area contributed by atoms with Crippen LogP contribution in [0, 0.1) is 0 Å². The second kappa shape index (κ2) is 26.4. The molecule has 10 heteroatoms. The Labute approximate surface area is 257 Å². The predicted molar refractivity (Wildman–Crippen MR) is 169 cm³/mol. The molecule has 0 aliphatic carbocycles. The van der Waals surface area contributed by atoms with Crippen molar-refractivity contribution < 1.29 is 42.1 Å². The minimum absolute atomic E-state index is 0.0356. The monoisotopic (exact) mass is 622 g/mol. The zero-order valence-electron chi connectivity index (χ0n) is 27.7. The first-order chi connectivity index (χ1) is 20.0. The van der Waals surface area contributed by atoms with Crippen molar-refractivity contribution in [2.45, 2.75) is 148 Å². The third-order valence-corrected chi connectivity index (χ3v) is 8.12. The molecule has 0 aromatic heterocycles. The van der Waals surface area contributed by atoms with Crippen LogP contribution in [0.3, 0.4) is 0 Å². The van der Waals surface area contributed by atoms with Gasteiger partial charge in [-0.1, -0.05) is 117 Å². The fraction of sp³-hybridized carbons (Fsp3) is 0.938. The highest BCUT2D eigenvalue weighted by atomic mass is 31.2. The summed E-state index contributed by atoms with van der Waals surface area (Å²) in [5.41, 5.74) is 0. The van der Waals surface area contributed by atoms with Crippen LogP contribution in [0.2, 0.25) is 0 Å². The van der Waals surface area contributed by atoms with E-state index >= 15 is 0 Å². The van der Waals surface area contributed by atoms with E-state index in [2.05, 4.69) is 13.8 Å². The molecule has 0 fully saturated rings. The lowest BCUT2D eigenvalue weighted by atomic mass is 10.1. The molecule has 9 nitrogen and oxygen atoms in total. The van der Waals surface area contributed by atoms with Gasteiger partial charge in [-0.25, -0.2) is 4.57 Å². The van der Waals surface area contributed by atoms with E-state index in [1.807, 2.05) is 21.1 Å². The summed E-state index contributed by atoms with van der Waals surface area (Å²) in [6, 6.07) is 0. The Morgan fingerprint density at radius 2 is 1.07 bits per heavy atom. The van der Waals surface area contributed by atoms with Crippen LogP contribution in [0.5, 0.6) is 0 Å². The van der Waals surface area contributed by atoms with E-state index < -0.39 is 26.5 Å². The molecule has 0 aromatic carbocycles. The maximum Gasteiger partial charge on any atom is 0.472 e. The van der Waals surface area contributed by atoms with Gasteiger partial charge >= 0.3 is 19.8 Å². The summed E-state index contributed by atoms with van der Waals surface area (Å²) >= 11 is 0. The topological polar surface area (TPSA) is 108 Å². The number of esters is 2. The second-order valence-electron chi connectivity index (χ2n) is 12.6. The number of quaternary nitrogens is 1. The molecule has 1 unspecified atom stereocenters. The first-order valence-corrected chi connectivity index (χ1v) is 18.3. The van der Waals surface area contributed by atoms with Crippen LogP contribution in [-0.4, -0.2) is 74.9 Å². The molecule has 0 bridgehead atoms. The number of unbranched alkanes of at least 4 members (excludes halogenated alkanes) is 16. The van der Waals surface area contributed by atoms with Gasteiger partial charge in [-0.2, -0.15) is 0 Å². The molecule has 0 saturated heterocycles. The van der Waals surface area contributed by atoms with Gasteiger partial charge in [-0.15, -0.1) is 0 Å². The quantitative estimate of drug-likeness (QED) is 0.0370. The molecule has 0 aliphatic heterocycles. The average Bonchev–Trinajstić information content (AvgIpc) is 2.91. The Kier molecular flexibility index (Phi) is 25.8. The highest BCUT2D eigenvalue weighted by molar-refractivity contribution is 7.47.